The van der Waals surface area contributed by atoms with Crippen LogP contribution in [0, 0.1) is 0 Å². The van der Waals surface area contributed by atoms with E-state index in [0.29, 0.717) is 17.7 Å². The standard InChI is InChI=1S/C18H15F3N2O2/c1-2-11-24-15-9-5-13(6-10-15)17-22-16(23-25-17)12-3-7-14(8-4-12)18(19,20)21/h3-10H,2,11H2,1H3. The van der Waals surface area contributed by atoms with Crippen LogP contribution in [0.3, 0.4) is 0 Å². The van der Waals surface area contributed by atoms with Crippen molar-refractivity contribution in [2.75, 3.05) is 6.61 Å². The molecule has 0 aliphatic rings. The van der Waals surface area contributed by atoms with Gasteiger partial charge in [0.15, 0.2) is 0 Å². The van der Waals surface area contributed by atoms with E-state index in [4.69, 9.17) is 9.26 Å². The third-order valence-corrected chi connectivity index (χ3v) is 3.47. The molecule has 0 saturated heterocycles. The van der Waals surface area contributed by atoms with Gasteiger partial charge in [-0.15, -0.1) is 0 Å². The molecule has 0 aliphatic heterocycles. The summed E-state index contributed by atoms with van der Waals surface area (Å²) in [5.74, 6) is 1.26. The molecule has 0 radical (unpaired) electrons. The molecular formula is C18H15F3N2O2. The third kappa shape index (κ3) is 3.99. The summed E-state index contributed by atoms with van der Waals surface area (Å²) < 4.78 is 48.5. The molecule has 1 heterocycles. The Bertz CT molecular complexity index is 825. The first kappa shape index (κ1) is 17.0. The summed E-state index contributed by atoms with van der Waals surface area (Å²) in [5.41, 5.74) is 0.433. The van der Waals surface area contributed by atoms with Crippen molar-refractivity contribution >= 4 is 0 Å². The number of hydrogen-bond donors (Lipinski definition) is 0. The van der Waals surface area contributed by atoms with Gasteiger partial charge in [0, 0.05) is 11.1 Å². The fourth-order valence-electron chi connectivity index (χ4n) is 2.18. The highest BCUT2D eigenvalue weighted by atomic mass is 19.4. The maximum absolute atomic E-state index is 12.6. The Balaban J connectivity index is 1.78. The summed E-state index contributed by atoms with van der Waals surface area (Å²) in [6.07, 6.45) is -3.45. The highest BCUT2D eigenvalue weighted by Gasteiger charge is 2.30. The summed E-state index contributed by atoms with van der Waals surface area (Å²) in [6, 6.07) is 11.8. The largest absolute Gasteiger partial charge is 0.494 e. The second kappa shape index (κ2) is 6.96. The maximum Gasteiger partial charge on any atom is 0.416 e. The normalized spacial score (nSPS) is 11.5. The molecule has 0 bridgehead atoms. The first-order chi connectivity index (χ1) is 12.0. The number of hydrogen-bond acceptors (Lipinski definition) is 4. The SMILES string of the molecule is CCCOc1ccc(-c2nc(-c3ccc(C(F)(F)F)cc3)no2)cc1. The molecule has 0 atom stereocenters. The quantitative estimate of drug-likeness (QED) is 0.635. The second-order valence-electron chi connectivity index (χ2n) is 5.37. The van der Waals surface area contributed by atoms with Gasteiger partial charge in [0.1, 0.15) is 5.75 Å². The molecule has 0 unspecified atom stereocenters. The number of alkyl halides is 3. The van der Waals surface area contributed by atoms with Crippen LogP contribution in [-0.2, 0) is 6.18 Å². The number of halogens is 3. The summed E-state index contributed by atoms with van der Waals surface area (Å²) in [7, 11) is 0. The van der Waals surface area contributed by atoms with E-state index in [-0.39, 0.29) is 11.7 Å². The van der Waals surface area contributed by atoms with E-state index in [0.717, 1.165) is 24.3 Å². The minimum atomic E-state index is -4.37. The lowest BCUT2D eigenvalue weighted by Gasteiger charge is -2.05. The Morgan fingerprint density at radius 1 is 0.960 bits per heavy atom. The van der Waals surface area contributed by atoms with Gasteiger partial charge in [-0.3, -0.25) is 0 Å². The minimum absolute atomic E-state index is 0.232. The van der Waals surface area contributed by atoms with Crippen molar-refractivity contribution in [1.82, 2.24) is 10.1 Å². The van der Waals surface area contributed by atoms with Crippen LogP contribution in [0.25, 0.3) is 22.8 Å². The Morgan fingerprint density at radius 3 is 2.20 bits per heavy atom. The maximum atomic E-state index is 12.6. The molecule has 0 spiro atoms. The fraction of sp³-hybridized carbons (Fsp3) is 0.222. The van der Waals surface area contributed by atoms with Crippen LogP contribution in [0.15, 0.2) is 53.1 Å². The van der Waals surface area contributed by atoms with Crippen molar-refractivity contribution in [2.24, 2.45) is 0 Å². The van der Waals surface area contributed by atoms with E-state index < -0.39 is 11.7 Å². The third-order valence-electron chi connectivity index (χ3n) is 3.47. The molecule has 7 heteroatoms. The van der Waals surface area contributed by atoms with Crippen LogP contribution < -0.4 is 4.74 Å². The first-order valence-electron chi connectivity index (χ1n) is 7.72. The summed E-state index contributed by atoms with van der Waals surface area (Å²) >= 11 is 0. The molecular weight excluding hydrogens is 333 g/mol. The van der Waals surface area contributed by atoms with E-state index in [2.05, 4.69) is 10.1 Å². The number of rotatable bonds is 5. The molecule has 130 valence electrons. The first-order valence-corrected chi connectivity index (χ1v) is 7.72. The molecule has 2 aromatic carbocycles. The van der Waals surface area contributed by atoms with Gasteiger partial charge in [0.05, 0.1) is 12.2 Å². The van der Waals surface area contributed by atoms with E-state index in [1.54, 1.807) is 24.3 Å². The van der Waals surface area contributed by atoms with Gasteiger partial charge < -0.3 is 9.26 Å². The molecule has 1 aromatic heterocycles. The van der Waals surface area contributed by atoms with Crippen molar-refractivity contribution in [2.45, 2.75) is 19.5 Å². The van der Waals surface area contributed by atoms with Crippen LogP contribution in [-0.4, -0.2) is 16.7 Å². The van der Waals surface area contributed by atoms with E-state index in [9.17, 15) is 13.2 Å². The Morgan fingerprint density at radius 2 is 1.60 bits per heavy atom. The van der Waals surface area contributed by atoms with Gasteiger partial charge in [0.25, 0.3) is 5.89 Å². The molecule has 0 N–H and O–H groups in total. The average molecular weight is 348 g/mol. The molecule has 0 saturated carbocycles. The number of benzene rings is 2. The van der Waals surface area contributed by atoms with Gasteiger partial charge in [-0.25, -0.2) is 0 Å². The van der Waals surface area contributed by atoms with Crippen molar-refractivity contribution in [3.05, 3.63) is 54.1 Å². The molecule has 3 rings (SSSR count). The number of ether oxygens (including phenoxy) is 1. The second-order valence-corrected chi connectivity index (χ2v) is 5.37. The average Bonchev–Trinajstić information content (AvgIpc) is 3.10. The number of aromatic nitrogens is 2. The van der Waals surface area contributed by atoms with Gasteiger partial charge >= 0.3 is 6.18 Å². The lowest BCUT2D eigenvalue weighted by atomic mass is 10.1. The highest BCUT2D eigenvalue weighted by molar-refractivity contribution is 5.60. The van der Waals surface area contributed by atoms with E-state index in [1.165, 1.54) is 12.1 Å². The zero-order chi connectivity index (χ0) is 17.9. The van der Waals surface area contributed by atoms with Crippen molar-refractivity contribution in [1.29, 1.82) is 0 Å². The van der Waals surface area contributed by atoms with Gasteiger partial charge in [-0.2, -0.15) is 18.2 Å². The predicted molar refractivity (Wildman–Crippen MR) is 86.0 cm³/mol. The van der Waals surface area contributed by atoms with Crippen LogP contribution in [0.2, 0.25) is 0 Å². The van der Waals surface area contributed by atoms with Crippen molar-refractivity contribution < 1.29 is 22.4 Å². The minimum Gasteiger partial charge on any atom is -0.494 e. The van der Waals surface area contributed by atoms with Crippen LogP contribution in [0.5, 0.6) is 5.75 Å². The number of nitrogens with zero attached hydrogens (tertiary/aromatic N) is 2. The van der Waals surface area contributed by atoms with Crippen LogP contribution >= 0.6 is 0 Å². The van der Waals surface area contributed by atoms with Crippen LogP contribution in [0.4, 0.5) is 13.2 Å². The smallest absolute Gasteiger partial charge is 0.416 e. The Hall–Kier alpha value is -2.83. The fourth-order valence-corrected chi connectivity index (χ4v) is 2.18. The van der Waals surface area contributed by atoms with Crippen molar-refractivity contribution in [3.8, 4) is 28.6 Å². The van der Waals surface area contributed by atoms with Gasteiger partial charge in [0.2, 0.25) is 5.82 Å². The lowest BCUT2D eigenvalue weighted by Crippen LogP contribution is -2.04. The molecule has 0 fully saturated rings. The summed E-state index contributed by atoms with van der Waals surface area (Å²) in [4.78, 5) is 4.23. The summed E-state index contributed by atoms with van der Waals surface area (Å²) in [6.45, 7) is 2.66. The highest BCUT2D eigenvalue weighted by Crippen LogP contribution is 2.31. The monoisotopic (exact) mass is 348 g/mol. The van der Waals surface area contributed by atoms with Gasteiger partial charge in [-0.05, 0) is 42.8 Å². The molecule has 0 amide bonds. The van der Waals surface area contributed by atoms with E-state index >= 15 is 0 Å². The van der Waals surface area contributed by atoms with Gasteiger partial charge in [-0.1, -0.05) is 24.2 Å². The predicted octanol–water partition coefficient (Wildman–Crippen LogP) is 5.21. The zero-order valence-corrected chi connectivity index (χ0v) is 13.4. The zero-order valence-electron chi connectivity index (χ0n) is 13.4. The summed E-state index contributed by atoms with van der Waals surface area (Å²) in [5, 5.41) is 3.83. The lowest BCUT2D eigenvalue weighted by molar-refractivity contribution is -0.137. The Kier molecular flexibility index (Phi) is 4.74. The Labute approximate surface area is 142 Å². The van der Waals surface area contributed by atoms with Crippen molar-refractivity contribution in [3.63, 3.8) is 0 Å². The molecule has 4 nitrogen and oxygen atoms in total. The van der Waals surface area contributed by atoms with E-state index in [1.807, 2.05) is 6.92 Å². The topological polar surface area (TPSA) is 48.2 Å². The molecule has 25 heavy (non-hydrogen) atoms. The van der Waals surface area contributed by atoms with Crippen LogP contribution in [0.1, 0.15) is 18.9 Å². The molecule has 0 aliphatic carbocycles. The molecule has 3 aromatic rings.